The van der Waals surface area contributed by atoms with Gasteiger partial charge in [0.05, 0.1) is 32.2 Å². The zero-order valence-corrected chi connectivity index (χ0v) is 18.8. The van der Waals surface area contributed by atoms with E-state index in [1.54, 1.807) is 30.7 Å². The quantitative estimate of drug-likeness (QED) is 0.311. The highest BCUT2D eigenvalue weighted by molar-refractivity contribution is 6.46. The van der Waals surface area contributed by atoms with Crippen molar-refractivity contribution in [2.75, 3.05) is 20.8 Å². The molecule has 176 valence electrons. The molecule has 1 aliphatic rings. The molecular formula is C25H24FN3O5. The van der Waals surface area contributed by atoms with Gasteiger partial charge in [0, 0.05) is 36.6 Å². The minimum Gasteiger partial charge on any atom is -0.507 e. The van der Waals surface area contributed by atoms with E-state index in [0.717, 1.165) is 0 Å². The van der Waals surface area contributed by atoms with E-state index in [2.05, 4.69) is 4.98 Å². The number of aliphatic hydroxyl groups is 1. The van der Waals surface area contributed by atoms with Crippen molar-refractivity contribution < 1.29 is 28.6 Å². The summed E-state index contributed by atoms with van der Waals surface area (Å²) in [6.07, 6.45) is 5.69. The monoisotopic (exact) mass is 465 g/mol. The Morgan fingerprint density at radius 1 is 1.09 bits per heavy atom. The van der Waals surface area contributed by atoms with E-state index in [1.165, 1.54) is 43.4 Å². The third-order valence-corrected chi connectivity index (χ3v) is 5.76. The summed E-state index contributed by atoms with van der Waals surface area (Å²) in [5.74, 6) is -1.49. The molecule has 9 heteroatoms. The number of benzene rings is 2. The number of amides is 1. The number of nitrogens with zero attached hydrogens (tertiary/aromatic N) is 3. The van der Waals surface area contributed by atoms with Gasteiger partial charge in [-0.05, 0) is 48.9 Å². The van der Waals surface area contributed by atoms with Gasteiger partial charge in [-0.15, -0.1) is 0 Å². The number of methoxy groups -OCH3 is 2. The largest absolute Gasteiger partial charge is 0.507 e. The third kappa shape index (κ3) is 4.36. The minimum absolute atomic E-state index is 0.0919. The van der Waals surface area contributed by atoms with Crippen LogP contribution in [0.2, 0.25) is 0 Å². The molecule has 0 bridgehead atoms. The molecule has 2 heterocycles. The van der Waals surface area contributed by atoms with Gasteiger partial charge in [0.2, 0.25) is 0 Å². The number of hydrogen-bond acceptors (Lipinski definition) is 6. The van der Waals surface area contributed by atoms with E-state index in [4.69, 9.17) is 9.47 Å². The molecule has 1 atom stereocenters. The Kier molecular flexibility index (Phi) is 6.62. The number of hydrogen-bond donors (Lipinski definition) is 1. The van der Waals surface area contributed by atoms with E-state index >= 15 is 0 Å². The van der Waals surface area contributed by atoms with Crippen molar-refractivity contribution in [2.24, 2.45) is 0 Å². The van der Waals surface area contributed by atoms with E-state index in [0.29, 0.717) is 30.0 Å². The Bertz CT molecular complexity index is 1220. The average molecular weight is 465 g/mol. The minimum atomic E-state index is -0.919. The molecule has 1 aromatic heterocycles. The average Bonchev–Trinajstić information content (AvgIpc) is 3.46. The molecule has 1 N–H and O–H groups in total. The summed E-state index contributed by atoms with van der Waals surface area (Å²) in [6.45, 7) is 0.830. The van der Waals surface area contributed by atoms with Crippen LogP contribution in [0.25, 0.3) is 5.76 Å². The maximum atomic E-state index is 13.4. The van der Waals surface area contributed by atoms with Gasteiger partial charge in [-0.25, -0.2) is 9.37 Å². The van der Waals surface area contributed by atoms with Crippen LogP contribution in [0.5, 0.6) is 11.5 Å². The second-order valence-corrected chi connectivity index (χ2v) is 7.76. The Morgan fingerprint density at radius 3 is 2.50 bits per heavy atom. The fourth-order valence-corrected chi connectivity index (χ4v) is 4.09. The summed E-state index contributed by atoms with van der Waals surface area (Å²) in [5.41, 5.74) is 0.628. The molecule has 8 nitrogen and oxygen atoms in total. The van der Waals surface area contributed by atoms with Crippen molar-refractivity contribution in [3.63, 3.8) is 0 Å². The number of carbonyl (C=O) groups is 2. The molecule has 0 radical (unpaired) electrons. The van der Waals surface area contributed by atoms with Crippen LogP contribution in [0.4, 0.5) is 4.39 Å². The van der Waals surface area contributed by atoms with Crippen LogP contribution in [0.1, 0.15) is 23.6 Å². The van der Waals surface area contributed by atoms with Crippen molar-refractivity contribution in [1.29, 1.82) is 0 Å². The number of aryl methyl sites for hydroxylation is 1. The zero-order valence-electron chi connectivity index (χ0n) is 18.8. The van der Waals surface area contributed by atoms with Crippen LogP contribution in [0.15, 0.2) is 66.8 Å². The molecular weight excluding hydrogens is 441 g/mol. The Hall–Kier alpha value is -4.14. The molecule has 1 saturated heterocycles. The number of halogens is 1. The van der Waals surface area contributed by atoms with Crippen LogP contribution in [-0.2, 0) is 16.1 Å². The van der Waals surface area contributed by atoms with Crippen molar-refractivity contribution in [3.8, 4) is 11.5 Å². The van der Waals surface area contributed by atoms with E-state index in [-0.39, 0.29) is 23.4 Å². The molecule has 0 saturated carbocycles. The second kappa shape index (κ2) is 9.78. The number of imidazole rings is 1. The fourth-order valence-electron chi connectivity index (χ4n) is 4.09. The SMILES string of the molecule is COc1ccc(OC)c(C2C(=C(O)c3ccc(F)cc3)C(=O)C(=O)N2CCCn2ccnc2)c1. The number of likely N-dealkylation sites (tertiary alicyclic amines) is 1. The van der Waals surface area contributed by atoms with Gasteiger partial charge in [-0.1, -0.05) is 0 Å². The van der Waals surface area contributed by atoms with Crippen LogP contribution in [0.3, 0.4) is 0 Å². The summed E-state index contributed by atoms with van der Waals surface area (Å²) in [5, 5.41) is 11.1. The van der Waals surface area contributed by atoms with Crippen molar-refractivity contribution in [3.05, 3.63) is 83.7 Å². The normalized spacial score (nSPS) is 17.3. The number of Topliss-reactive ketones (excluding diaryl/α,β-unsaturated/α-hetero) is 1. The lowest BCUT2D eigenvalue weighted by Crippen LogP contribution is -2.31. The lowest BCUT2D eigenvalue weighted by atomic mass is 9.94. The zero-order chi connectivity index (χ0) is 24.2. The lowest BCUT2D eigenvalue weighted by molar-refractivity contribution is -0.140. The van der Waals surface area contributed by atoms with Crippen molar-refractivity contribution in [2.45, 2.75) is 19.0 Å². The van der Waals surface area contributed by atoms with E-state index in [1.807, 2.05) is 10.8 Å². The van der Waals surface area contributed by atoms with Gasteiger partial charge in [0.1, 0.15) is 23.1 Å². The fraction of sp³-hybridized carbons (Fsp3) is 0.240. The number of carbonyl (C=O) groups excluding carboxylic acids is 2. The van der Waals surface area contributed by atoms with E-state index in [9.17, 15) is 19.1 Å². The predicted molar refractivity (Wildman–Crippen MR) is 122 cm³/mol. The molecule has 3 aromatic rings. The van der Waals surface area contributed by atoms with Gasteiger partial charge in [-0.3, -0.25) is 9.59 Å². The summed E-state index contributed by atoms with van der Waals surface area (Å²) in [4.78, 5) is 31.7. The molecule has 0 aliphatic carbocycles. The van der Waals surface area contributed by atoms with Crippen LogP contribution in [-0.4, -0.2) is 52.0 Å². The Morgan fingerprint density at radius 2 is 1.85 bits per heavy atom. The highest BCUT2D eigenvalue weighted by Crippen LogP contribution is 2.43. The standard InChI is InChI=1S/C25H24FN3O5/c1-33-18-8-9-20(34-2)19(14-18)22-21(23(30)16-4-6-17(26)7-5-16)24(31)25(32)29(22)12-3-11-28-13-10-27-15-28/h4-10,13-15,22,30H,3,11-12H2,1-2H3. The van der Waals surface area contributed by atoms with Crippen molar-refractivity contribution in [1.82, 2.24) is 14.5 Å². The number of aliphatic hydroxyl groups excluding tert-OH is 1. The molecule has 2 aromatic carbocycles. The van der Waals surface area contributed by atoms with Gasteiger partial charge in [0.25, 0.3) is 11.7 Å². The summed E-state index contributed by atoms with van der Waals surface area (Å²) >= 11 is 0. The predicted octanol–water partition coefficient (Wildman–Crippen LogP) is 3.55. The first-order valence-corrected chi connectivity index (χ1v) is 10.7. The number of rotatable bonds is 8. The summed E-state index contributed by atoms with van der Waals surface area (Å²) in [7, 11) is 2.99. The number of aromatic nitrogens is 2. The first-order valence-electron chi connectivity index (χ1n) is 10.7. The third-order valence-electron chi connectivity index (χ3n) is 5.76. The van der Waals surface area contributed by atoms with Crippen LogP contribution in [0, 0.1) is 5.82 Å². The second-order valence-electron chi connectivity index (χ2n) is 7.76. The molecule has 0 spiro atoms. The van der Waals surface area contributed by atoms with Gasteiger partial charge in [0.15, 0.2) is 0 Å². The smallest absolute Gasteiger partial charge is 0.295 e. The molecule has 1 amide bonds. The van der Waals surface area contributed by atoms with Gasteiger partial charge >= 0.3 is 0 Å². The highest BCUT2D eigenvalue weighted by atomic mass is 19.1. The summed E-state index contributed by atoms with van der Waals surface area (Å²) < 4.78 is 26.2. The molecule has 34 heavy (non-hydrogen) atoms. The topological polar surface area (TPSA) is 93.9 Å². The van der Waals surface area contributed by atoms with Crippen LogP contribution >= 0.6 is 0 Å². The van der Waals surface area contributed by atoms with Gasteiger partial charge < -0.3 is 24.0 Å². The highest BCUT2D eigenvalue weighted by Gasteiger charge is 2.47. The number of ether oxygens (including phenoxy) is 2. The maximum absolute atomic E-state index is 13.4. The lowest BCUT2D eigenvalue weighted by Gasteiger charge is -2.27. The molecule has 1 aliphatic heterocycles. The number of ketones is 1. The molecule has 4 rings (SSSR count). The maximum Gasteiger partial charge on any atom is 0.295 e. The Balaban J connectivity index is 1.81. The van der Waals surface area contributed by atoms with E-state index < -0.39 is 23.5 Å². The van der Waals surface area contributed by atoms with Crippen LogP contribution < -0.4 is 9.47 Å². The molecule has 1 fully saturated rings. The Labute approximate surface area is 195 Å². The molecule has 1 unspecified atom stereocenters. The van der Waals surface area contributed by atoms with Gasteiger partial charge in [-0.2, -0.15) is 0 Å². The van der Waals surface area contributed by atoms with Crippen molar-refractivity contribution >= 4 is 17.4 Å². The summed E-state index contributed by atoms with van der Waals surface area (Å²) in [6, 6.07) is 9.21. The first kappa shape index (κ1) is 23.0. The first-order chi connectivity index (χ1) is 16.4.